The second-order valence-corrected chi connectivity index (χ2v) is 6.79. The molecule has 2 aromatic rings. The number of para-hydroxylation sites is 1. The number of benzene rings is 1. The molecule has 2 fully saturated rings. The highest BCUT2D eigenvalue weighted by Crippen LogP contribution is 2.31. The summed E-state index contributed by atoms with van der Waals surface area (Å²) in [4.78, 5) is 28.4. The number of carbonyl (C=O) groups excluding carboxylic acids is 2. The number of nitrogens with zero attached hydrogens (tertiary/aromatic N) is 4. The minimum Gasteiger partial charge on any atom is -0.339 e. The molecule has 1 aliphatic carbocycles. The topological polar surface area (TPSA) is 58.4 Å². The molecule has 1 saturated heterocycles. The molecule has 0 N–H and O–H groups in total. The van der Waals surface area contributed by atoms with Crippen molar-refractivity contribution >= 4 is 11.8 Å². The molecule has 2 amide bonds. The van der Waals surface area contributed by atoms with E-state index >= 15 is 0 Å². The van der Waals surface area contributed by atoms with Crippen molar-refractivity contribution in [1.29, 1.82) is 0 Å². The molecule has 0 unspecified atom stereocenters. The summed E-state index contributed by atoms with van der Waals surface area (Å²) in [6.07, 6.45) is 6.06. The van der Waals surface area contributed by atoms with Crippen LogP contribution in [0.25, 0.3) is 5.69 Å². The van der Waals surface area contributed by atoms with Crippen molar-refractivity contribution in [3.8, 4) is 5.69 Å². The summed E-state index contributed by atoms with van der Waals surface area (Å²) in [5.41, 5.74) is 1.89. The number of rotatable bonds is 4. The first-order valence-electron chi connectivity index (χ1n) is 8.86. The largest absolute Gasteiger partial charge is 0.339 e. The van der Waals surface area contributed by atoms with Gasteiger partial charge in [-0.05, 0) is 30.5 Å². The Balaban J connectivity index is 1.32. The van der Waals surface area contributed by atoms with Gasteiger partial charge in [-0.1, -0.05) is 18.2 Å². The van der Waals surface area contributed by atoms with Crippen LogP contribution in [-0.4, -0.2) is 57.6 Å². The van der Waals surface area contributed by atoms with Gasteiger partial charge in [-0.2, -0.15) is 5.10 Å². The molecule has 130 valence electrons. The summed E-state index contributed by atoms with van der Waals surface area (Å²) in [7, 11) is 0. The van der Waals surface area contributed by atoms with Crippen LogP contribution < -0.4 is 0 Å². The lowest BCUT2D eigenvalue weighted by molar-refractivity contribution is -0.140. The van der Waals surface area contributed by atoms with Gasteiger partial charge in [0.05, 0.1) is 18.3 Å². The average molecular weight is 338 g/mol. The minimum absolute atomic E-state index is 0.103. The summed E-state index contributed by atoms with van der Waals surface area (Å²) in [5, 5.41) is 4.34. The molecule has 4 rings (SSSR count). The zero-order chi connectivity index (χ0) is 17.2. The van der Waals surface area contributed by atoms with Crippen molar-refractivity contribution in [2.45, 2.75) is 19.3 Å². The summed E-state index contributed by atoms with van der Waals surface area (Å²) in [6.45, 7) is 2.57. The van der Waals surface area contributed by atoms with Crippen molar-refractivity contribution < 1.29 is 9.59 Å². The van der Waals surface area contributed by atoms with E-state index in [1.807, 2.05) is 46.3 Å². The maximum absolute atomic E-state index is 12.5. The summed E-state index contributed by atoms with van der Waals surface area (Å²) < 4.78 is 1.79. The van der Waals surface area contributed by atoms with E-state index < -0.39 is 0 Å². The average Bonchev–Trinajstić information content (AvgIpc) is 3.41. The van der Waals surface area contributed by atoms with E-state index in [9.17, 15) is 9.59 Å². The summed E-state index contributed by atoms with van der Waals surface area (Å²) >= 11 is 0. The van der Waals surface area contributed by atoms with Crippen LogP contribution in [0, 0.1) is 5.92 Å². The SMILES string of the molecule is O=C(Cc1cnn(-c2ccccc2)c1)N1CCN(C(=O)C2CC2)CC1. The Morgan fingerprint density at radius 3 is 2.36 bits per heavy atom. The highest BCUT2D eigenvalue weighted by molar-refractivity contribution is 5.82. The third kappa shape index (κ3) is 3.57. The van der Waals surface area contributed by atoms with Crippen LogP contribution in [-0.2, 0) is 16.0 Å². The van der Waals surface area contributed by atoms with Crippen molar-refractivity contribution in [2.24, 2.45) is 5.92 Å². The lowest BCUT2D eigenvalue weighted by Crippen LogP contribution is -2.51. The highest BCUT2D eigenvalue weighted by atomic mass is 16.2. The van der Waals surface area contributed by atoms with Gasteiger partial charge in [0.15, 0.2) is 0 Å². The zero-order valence-corrected chi connectivity index (χ0v) is 14.2. The normalized spacial score (nSPS) is 17.6. The van der Waals surface area contributed by atoms with Gasteiger partial charge in [0.2, 0.25) is 11.8 Å². The van der Waals surface area contributed by atoms with Crippen LogP contribution in [0.4, 0.5) is 0 Å². The van der Waals surface area contributed by atoms with Crippen LogP contribution in [0.5, 0.6) is 0 Å². The van der Waals surface area contributed by atoms with E-state index in [4.69, 9.17) is 0 Å². The van der Waals surface area contributed by atoms with E-state index in [2.05, 4.69) is 5.10 Å². The third-order valence-electron chi connectivity index (χ3n) is 4.88. The van der Waals surface area contributed by atoms with Crippen molar-refractivity contribution in [1.82, 2.24) is 19.6 Å². The molecule has 2 heterocycles. The zero-order valence-electron chi connectivity index (χ0n) is 14.2. The maximum Gasteiger partial charge on any atom is 0.227 e. The molecule has 2 aliphatic rings. The molecule has 1 aliphatic heterocycles. The summed E-state index contributed by atoms with van der Waals surface area (Å²) in [6, 6.07) is 9.85. The van der Waals surface area contributed by atoms with Crippen LogP contribution >= 0.6 is 0 Å². The Labute approximate surface area is 147 Å². The standard InChI is InChI=1S/C19H22N4O2/c24-18(21-8-10-22(11-9-21)19(25)16-6-7-16)12-15-13-20-23(14-15)17-4-2-1-3-5-17/h1-5,13-14,16H,6-12H2. The number of amides is 2. The number of hydrogen-bond donors (Lipinski definition) is 0. The molecule has 1 aromatic carbocycles. The molecule has 25 heavy (non-hydrogen) atoms. The number of aromatic nitrogens is 2. The highest BCUT2D eigenvalue weighted by Gasteiger charge is 2.35. The molecule has 1 aromatic heterocycles. The van der Waals surface area contributed by atoms with Gasteiger partial charge in [0.1, 0.15) is 0 Å². The van der Waals surface area contributed by atoms with Crippen molar-refractivity contribution in [2.75, 3.05) is 26.2 Å². The molecule has 6 heteroatoms. The molecular formula is C19H22N4O2. The van der Waals surface area contributed by atoms with Crippen molar-refractivity contribution in [3.63, 3.8) is 0 Å². The van der Waals surface area contributed by atoms with Crippen LogP contribution in [0.2, 0.25) is 0 Å². The van der Waals surface area contributed by atoms with E-state index in [-0.39, 0.29) is 17.7 Å². The fraction of sp³-hybridized carbons (Fsp3) is 0.421. The first kappa shape index (κ1) is 15.9. The van der Waals surface area contributed by atoms with Crippen molar-refractivity contribution in [3.05, 3.63) is 48.3 Å². The Bertz CT molecular complexity index is 759. The Morgan fingerprint density at radius 2 is 1.68 bits per heavy atom. The minimum atomic E-state index is 0.103. The predicted octanol–water partition coefficient (Wildman–Crippen LogP) is 1.50. The molecule has 6 nitrogen and oxygen atoms in total. The lowest BCUT2D eigenvalue weighted by Gasteiger charge is -2.35. The van der Waals surface area contributed by atoms with Gasteiger partial charge >= 0.3 is 0 Å². The molecular weight excluding hydrogens is 316 g/mol. The van der Waals surface area contributed by atoms with E-state index in [0.717, 1.165) is 24.1 Å². The smallest absolute Gasteiger partial charge is 0.227 e. The fourth-order valence-corrected chi connectivity index (χ4v) is 3.22. The first-order valence-corrected chi connectivity index (χ1v) is 8.86. The Hall–Kier alpha value is -2.63. The van der Waals surface area contributed by atoms with Crippen LogP contribution in [0.1, 0.15) is 18.4 Å². The predicted molar refractivity (Wildman–Crippen MR) is 93.2 cm³/mol. The Kier molecular flexibility index (Phi) is 4.26. The number of piperazine rings is 1. The number of carbonyl (C=O) groups is 2. The molecule has 1 saturated carbocycles. The third-order valence-corrected chi connectivity index (χ3v) is 4.88. The first-order chi connectivity index (χ1) is 12.2. The molecule has 0 bridgehead atoms. The molecule has 0 atom stereocenters. The van der Waals surface area contributed by atoms with E-state index in [1.54, 1.807) is 10.9 Å². The maximum atomic E-state index is 12.5. The Morgan fingerprint density at radius 1 is 1.00 bits per heavy atom. The lowest BCUT2D eigenvalue weighted by atomic mass is 10.2. The van der Waals surface area contributed by atoms with Crippen LogP contribution in [0.3, 0.4) is 0 Å². The second-order valence-electron chi connectivity index (χ2n) is 6.79. The van der Waals surface area contributed by atoms with Gasteiger partial charge < -0.3 is 9.80 Å². The van der Waals surface area contributed by atoms with Crippen LogP contribution in [0.15, 0.2) is 42.7 Å². The monoisotopic (exact) mass is 338 g/mol. The van der Waals surface area contributed by atoms with E-state index in [1.165, 1.54) is 0 Å². The van der Waals surface area contributed by atoms with E-state index in [0.29, 0.717) is 32.6 Å². The quantitative estimate of drug-likeness (QED) is 0.849. The molecule has 0 spiro atoms. The summed E-state index contributed by atoms with van der Waals surface area (Å²) in [5.74, 6) is 0.633. The second kappa shape index (κ2) is 6.70. The van der Waals surface area contributed by atoms with Gasteiger partial charge in [0, 0.05) is 38.3 Å². The van der Waals surface area contributed by atoms with Gasteiger partial charge in [-0.25, -0.2) is 4.68 Å². The van der Waals surface area contributed by atoms with Gasteiger partial charge in [-0.15, -0.1) is 0 Å². The van der Waals surface area contributed by atoms with Gasteiger partial charge in [0.25, 0.3) is 0 Å². The van der Waals surface area contributed by atoms with Gasteiger partial charge in [-0.3, -0.25) is 9.59 Å². The fourth-order valence-electron chi connectivity index (χ4n) is 3.22. The molecule has 0 radical (unpaired) electrons. The number of hydrogen-bond acceptors (Lipinski definition) is 3.